The molecule has 1 N–H and O–H groups in total. The molecule has 0 unspecified atom stereocenters. The SMILES string of the molecule is CCCN1CCN(CCNC(=O)CN(C)C(=O)OC(C)(C)C)CC1. The van der Waals surface area contributed by atoms with E-state index in [1.165, 1.54) is 17.9 Å². The minimum atomic E-state index is -0.554. The number of piperazine rings is 1. The topological polar surface area (TPSA) is 65.1 Å². The van der Waals surface area contributed by atoms with Crippen LogP contribution in [0.15, 0.2) is 0 Å². The van der Waals surface area contributed by atoms with Crippen molar-refractivity contribution in [3.63, 3.8) is 0 Å². The first-order valence-corrected chi connectivity index (χ1v) is 8.87. The van der Waals surface area contributed by atoms with E-state index in [0.717, 1.165) is 32.7 Å². The second-order valence-corrected chi connectivity index (χ2v) is 7.37. The molecular formula is C17H34N4O3. The summed E-state index contributed by atoms with van der Waals surface area (Å²) in [6.45, 7) is 14.6. The molecule has 0 aliphatic carbocycles. The zero-order valence-corrected chi connectivity index (χ0v) is 15.9. The van der Waals surface area contributed by atoms with Crippen LogP contribution in [0.5, 0.6) is 0 Å². The molecule has 1 saturated heterocycles. The van der Waals surface area contributed by atoms with Gasteiger partial charge in [0.2, 0.25) is 5.91 Å². The minimum absolute atomic E-state index is 0.0131. The van der Waals surface area contributed by atoms with Crippen LogP contribution in [0, 0.1) is 0 Å². The summed E-state index contributed by atoms with van der Waals surface area (Å²) in [6, 6.07) is 0. The van der Waals surface area contributed by atoms with E-state index in [1.807, 2.05) is 0 Å². The molecule has 140 valence electrons. The summed E-state index contributed by atoms with van der Waals surface area (Å²) >= 11 is 0. The molecule has 1 aliphatic heterocycles. The third kappa shape index (κ3) is 8.49. The molecule has 0 aromatic heterocycles. The van der Waals surface area contributed by atoms with Crippen molar-refractivity contribution in [3.8, 4) is 0 Å². The van der Waals surface area contributed by atoms with Crippen molar-refractivity contribution in [3.05, 3.63) is 0 Å². The van der Waals surface area contributed by atoms with Crippen LogP contribution >= 0.6 is 0 Å². The smallest absolute Gasteiger partial charge is 0.410 e. The summed E-state index contributed by atoms with van der Waals surface area (Å²) in [7, 11) is 1.57. The van der Waals surface area contributed by atoms with Crippen LogP contribution in [0.1, 0.15) is 34.1 Å². The summed E-state index contributed by atoms with van der Waals surface area (Å²) in [5, 5.41) is 2.87. The molecule has 0 bridgehead atoms. The molecule has 0 aromatic carbocycles. The van der Waals surface area contributed by atoms with E-state index in [0.29, 0.717) is 6.54 Å². The molecule has 0 saturated carbocycles. The minimum Gasteiger partial charge on any atom is -0.444 e. The van der Waals surface area contributed by atoms with Gasteiger partial charge in [0.1, 0.15) is 12.1 Å². The second-order valence-electron chi connectivity index (χ2n) is 7.37. The molecule has 7 nitrogen and oxygen atoms in total. The van der Waals surface area contributed by atoms with Crippen molar-refractivity contribution in [1.82, 2.24) is 20.0 Å². The Morgan fingerprint density at radius 1 is 1.08 bits per heavy atom. The lowest BCUT2D eigenvalue weighted by molar-refractivity contribution is -0.122. The largest absolute Gasteiger partial charge is 0.444 e. The van der Waals surface area contributed by atoms with E-state index < -0.39 is 11.7 Å². The Kier molecular flexibility index (Phi) is 8.48. The summed E-state index contributed by atoms with van der Waals surface area (Å²) in [4.78, 5) is 29.9. The van der Waals surface area contributed by atoms with Crippen LogP contribution in [0.2, 0.25) is 0 Å². The van der Waals surface area contributed by atoms with Crippen LogP contribution in [-0.4, -0.2) is 91.7 Å². The maximum atomic E-state index is 11.9. The molecule has 0 radical (unpaired) electrons. The van der Waals surface area contributed by atoms with E-state index in [-0.39, 0.29) is 12.5 Å². The van der Waals surface area contributed by atoms with E-state index in [2.05, 4.69) is 22.0 Å². The molecule has 1 aliphatic rings. The fraction of sp³-hybridized carbons (Fsp3) is 0.882. The molecule has 0 aromatic rings. The van der Waals surface area contributed by atoms with Crippen molar-refractivity contribution < 1.29 is 14.3 Å². The normalized spacial score (nSPS) is 16.7. The molecule has 0 atom stereocenters. The summed E-state index contributed by atoms with van der Waals surface area (Å²) < 4.78 is 5.22. The molecule has 24 heavy (non-hydrogen) atoms. The molecule has 2 amide bonds. The molecule has 7 heteroatoms. The average molecular weight is 342 g/mol. The van der Waals surface area contributed by atoms with Gasteiger partial charge in [-0.2, -0.15) is 0 Å². The Bertz CT molecular complexity index is 401. The highest BCUT2D eigenvalue weighted by molar-refractivity contribution is 5.82. The number of nitrogens with one attached hydrogen (secondary N) is 1. The van der Waals surface area contributed by atoms with Crippen LogP contribution in [0.25, 0.3) is 0 Å². The lowest BCUT2D eigenvalue weighted by Crippen LogP contribution is -2.49. The quantitative estimate of drug-likeness (QED) is 0.748. The number of carbonyl (C=O) groups excluding carboxylic acids is 2. The van der Waals surface area contributed by atoms with Gasteiger partial charge in [0.05, 0.1) is 0 Å². The molecule has 1 heterocycles. The first kappa shape index (κ1) is 20.7. The number of rotatable bonds is 7. The van der Waals surface area contributed by atoms with E-state index in [4.69, 9.17) is 4.74 Å². The number of amides is 2. The van der Waals surface area contributed by atoms with Crippen LogP contribution < -0.4 is 5.32 Å². The monoisotopic (exact) mass is 342 g/mol. The second kappa shape index (κ2) is 9.84. The van der Waals surface area contributed by atoms with Crippen molar-refractivity contribution in [2.45, 2.75) is 39.7 Å². The van der Waals surface area contributed by atoms with Gasteiger partial charge in [0.15, 0.2) is 0 Å². The van der Waals surface area contributed by atoms with Gasteiger partial charge in [-0.05, 0) is 33.7 Å². The Morgan fingerprint density at radius 3 is 2.12 bits per heavy atom. The van der Waals surface area contributed by atoms with Gasteiger partial charge in [-0.15, -0.1) is 0 Å². The van der Waals surface area contributed by atoms with Crippen molar-refractivity contribution >= 4 is 12.0 Å². The van der Waals surface area contributed by atoms with E-state index in [1.54, 1.807) is 27.8 Å². The predicted molar refractivity (Wildman–Crippen MR) is 95.0 cm³/mol. The van der Waals surface area contributed by atoms with Gasteiger partial charge in [-0.1, -0.05) is 6.92 Å². The van der Waals surface area contributed by atoms with Crippen molar-refractivity contribution in [2.24, 2.45) is 0 Å². The average Bonchev–Trinajstić information content (AvgIpc) is 2.47. The number of ether oxygens (including phenoxy) is 1. The number of hydrogen-bond donors (Lipinski definition) is 1. The number of hydrogen-bond acceptors (Lipinski definition) is 5. The standard InChI is InChI=1S/C17H34N4O3/c1-6-8-20-10-12-21(13-11-20)9-7-18-15(22)14-19(5)16(23)24-17(2,3)4/h6-14H2,1-5H3,(H,18,22). The lowest BCUT2D eigenvalue weighted by atomic mass is 10.2. The van der Waals surface area contributed by atoms with Gasteiger partial charge in [0.25, 0.3) is 0 Å². The van der Waals surface area contributed by atoms with Crippen LogP contribution in [-0.2, 0) is 9.53 Å². The number of likely N-dealkylation sites (N-methyl/N-ethyl adjacent to an activating group) is 1. The van der Waals surface area contributed by atoms with Crippen LogP contribution in [0.3, 0.4) is 0 Å². The molecular weight excluding hydrogens is 308 g/mol. The Balaban J connectivity index is 2.17. The fourth-order valence-electron chi connectivity index (χ4n) is 2.58. The summed E-state index contributed by atoms with van der Waals surface area (Å²) in [5.74, 6) is -0.159. The fourth-order valence-corrected chi connectivity index (χ4v) is 2.58. The zero-order valence-electron chi connectivity index (χ0n) is 15.9. The Labute approximate surface area is 146 Å². The van der Waals surface area contributed by atoms with E-state index in [9.17, 15) is 9.59 Å². The third-order valence-corrected chi connectivity index (χ3v) is 3.84. The van der Waals surface area contributed by atoms with Gasteiger partial charge in [0, 0.05) is 46.3 Å². The van der Waals surface area contributed by atoms with Gasteiger partial charge >= 0.3 is 6.09 Å². The molecule has 0 spiro atoms. The highest BCUT2D eigenvalue weighted by Crippen LogP contribution is 2.08. The van der Waals surface area contributed by atoms with E-state index >= 15 is 0 Å². The Morgan fingerprint density at radius 2 is 1.62 bits per heavy atom. The van der Waals surface area contributed by atoms with Crippen LogP contribution in [0.4, 0.5) is 4.79 Å². The Hall–Kier alpha value is -1.34. The van der Waals surface area contributed by atoms with Gasteiger partial charge < -0.3 is 19.9 Å². The maximum absolute atomic E-state index is 11.9. The summed E-state index contributed by atoms with van der Waals surface area (Å²) in [5.41, 5.74) is -0.554. The van der Waals surface area contributed by atoms with Crippen molar-refractivity contribution in [1.29, 1.82) is 0 Å². The first-order valence-electron chi connectivity index (χ1n) is 8.87. The van der Waals surface area contributed by atoms with Crippen molar-refractivity contribution in [2.75, 3.05) is 59.4 Å². The molecule has 1 fully saturated rings. The third-order valence-electron chi connectivity index (χ3n) is 3.84. The predicted octanol–water partition coefficient (Wildman–Crippen LogP) is 0.997. The zero-order chi connectivity index (χ0) is 18.2. The molecule has 1 rings (SSSR count). The first-order chi connectivity index (χ1) is 11.2. The van der Waals surface area contributed by atoms with Gasteiger partial charge in [-0.25, -0.2) is 4.79 Å². The number of nitrogens with zero attached hydrogens (tertiary/aromatic N) is 3. The summed E-state index contributed by atoms with van der Waals surface area (Å²) in [6.07, 6.45) is 0.714. The van der Waals surface area contributed by atoms with Gasteiger partial charge in [-0.3, -0.25) is 9.69 Å². The lowest BCUT2D eigenvalue weighted by Gasteiger charge is -2.34. The number of carbonyl (C=O) groups is 2. The maximum Gasteiger partial charge on any atom is 0.410 e. The highest BCUT2D eigenvalue weighted by Gasteiger charge is 2.21. The highest BCUT2D eigenvalue weighted by atomic mass is 16.6.